The number of para-hydroxylation sites is 1. The Bertz CT molecular complexity index is 867. The Hall–Kier alpha value is -2.11. The van der Waals surface area contributed by atoms with E-state index >= 15 is 0 Å². The van der Waals surface area contributed by atoms with Gasteiger partial charge in [0.1, 0.15) is 0 Å². The SMILES string of the molecule is Cc1ccc(S(=O)(=O)Nc2ccccc2-c2ccsc2)cc1. The van der Waals surface area contributed by atoms with Crippen LogP contribution in [-0.4, -0.2) is 8.42 Å². The van der Waals surface area contributed by atoms with E-state index in [9.17, 15) is 8.42 Å². The average molecular weight is 329 g/mol. The van der Waals surface area contributed by atoms with Crippen molar-refractivity contribution in [1.29, 1.82) is 0 Å². The summed E-state index contributed by atoms with van der Waals surface area (Å²) in [5.41, 5.74) is 3.49. The van der Waals surface area contributed by atoms with Crippen molar-refractivity contribution in [1.82, 2.24) is 0 Å². The predicted octanol–water partition coefficient (Wildman–Crippen LogP) is 4.52. The molecule has 0 unspecified atom stereocenters. The lowest BCUT2D eigenvalue weighted by Gasteiger charge is -2.12. The number of thiophene rings is 1. The van der Waals surface area contributed by atoms with Crippen LogP contribution in [0.15, 0.2) is 70.3 Å². The van der Waals surface area contributed by atoms with E-state index in [1.807, 2.05) is 41.9 Å². The van der Waals surface area contributed by atoms with Crippen molar-refractivity contribution in [3.63, 3.8) is 0 Å². The lowest BCUT2D eigenvalue weighted by molar-refractivity contribution is 0.601. The standard InChI is InChI=1S/C17H15NO2S2/c1-13-6-8-15(9-7-13)22(19,20)18-17-5-3-2-4-16(17)14-10-11-21-12-14/h2-12,18H,1H3. The van der Waals surface area contributed by atoms with Crippen LogP contribution < -0.4 is 4.72 Å². The van der Waals surface area contributed by atoms with Crippen molar-refractivity contribution in [3.05, 3.63) is 70.9 Å². The molecular formula is C17H15NO2S2. The van der Waals surface area contributed by atoms with E-state index in [1.54, 1.807) is 41.7 Å². The molecule has 0 spiro atoms. The Morgan fingerprint density at radius 1 is 0.955 bits per heavy atom. The minimum Gasteiger partial charge on any atom is -0.279 e. The second-order valence-electron chi connectivity index (χ2n) is 4.98. The molecule has 22 heavy (non-hydrogen) atoms. The van der Waals surface area contributed by atoms with Gasteiger partial charge in [0.15, 0.2) is 0 Å². The molecule has 0 bridgehead atoms. The Balaban J connectivity index is 1.98. The fourth-order valence-corrected chi connectivity index (χ4v) is 3.90. The maximum atomic E-state index is 12.5. The summed E-state index contributed by atoms with van der Waals surface area (Å²) in [6.45, 7) is 1.93. The van der Waals surface area contributed by atoms with E-state index in [0.717, 1.165) is 16.7 Å². The number of benzene rings is 2. The molecule has 0 saturated heterocycles. The number of rotatable bonds is 4. The molecular weight excluding hydrogens is 314 g/mol. The van der Waals surface area contributed by atoms with Gasteiger partial charge in [-0.25, -0.2) is 8.42 Å². The van der Waals surface area contributed by atoms with Crippen LogP contribution in [0, 0.1) is 6.92 Å². The molecule has 0 radical (unpaired) electrons. The smallest absolute Gasteiger partial charge is 0.261 e. The number of aryl methyl sites for hydroxylation is 1. The van der Waals surface area contributed by atoms with Crippen molar-refractivity contribution < 1.29 is 8.42 Å². The first-order valence-corrected chi connectivity index (χ1v) is 9.20. The van der Waals surface area contributed by atoms with Gasteiger partial charge in [-0.2, -0.15) is 11.3 Å². The average Bonchev–Trinajstić information content (AvgIpc) is 3.02. The number of anilines is 1. The molecule has 0 aliphatic heterocycles. The molecule has 0 atom stereocenters. The van der Waals surface area contributed by atoms with Gasteiger partial charge >= 0.3 is 0 Å². The van der Waals surface area contributed by atoms with Crippen LogP contribution in [0.5, 0.6) is 0 Å². The van der Waals surface area contributed by atoms with Gasteiger partial charge in [-0.15, -0.1) is 0 Å². The molecule has 5 heteroatoms. The molecule has 3 rings (SSSR count). The normalized spacial score (nSPS) is 11.3. The highest BCUT2D eigenvalue weighted by Crippen LogP contribution is 2.30. The molecule has 0 aliphatic carbocycles. The van der Waals surface area contributed by atoms with Crippen LogP contribution in [0.1, 0.15) is 5.56 Å². The molecule has 0 aliphatic rings. The van der Waals surface area contributed by atoms with Crippen molar-refractivity contribution in [2.45, 2.75) is 11.8 Å². The third-order valence-electron chi connectivity index (χ3n) is 3.33. The summed E-state index contributed by atoms with van der Waals surface area (Å²) in [5.74, 6) is 0. The Morgan fingerprint density at radius 3 is 2.36 bits per heavy atom. The first-order valence-electron chi connectivity index (χ1n) is 6.77. The topological polar surface area (TPSA) is 46.2 Å². The zero-order chi connectivity index (χ0) is 15.6. The highest BCUT2D eigenvalue weighted by atomic mass is 32.2. The van der Waals surface area contributed by atoms with Crippen molar-refractivity contribution in [3.8, 4) is 11.1 Å². The van der Waals surface area contributed by atoms with Gasteiger partial charge in [-0.3, -0.25) is 4.72 Å². The monoisotopic (exact) mass is 329 g/mol. The summed E-state index contributed by atoms with van der Waals surface area (Å²) >= 11 is 1.58. The van der Waals surface area contributed by atoms with Crippen LogP contribution in [-0.2, 0) is 10.0 Å². The van der Waals surface area contributed by atoms with Crippen LogP contribution in [0.25, 0.3) is 11.1 Å². The first-order chi connectivity index (χ1) is 10.6. The van der Waals surface area contributed by atoms with Gasteiger partial charge in [0, 0.05) is 5.56 Å². The Morgan fingerprint density at radius 2 is 1.68 bits per heavy atom. The molecule has 3 nitrogen and oxygen atoms in total. The van der Waals surface area contributed by atoms with E-state index in [4.69, 9.17) is 0 Å². The summed E-state index contributed by atoms with van der Waals surface area (Å²) in [6.07, 6.45) is 0. The Kier molecular flexibility index (Phi) is 4.00. The zero-order valence-corrected chi connectivity index (χ0v) is 13.6. The second kappa shape index (κ2) is 5.94. The minimum absolute atomic E-state index is 0.262. The molecule has 2 aromatic carbocycles. The van der Waals surface area contributed by atoms with Gasteiger partial charge in [-0.1, -0.05) is 35.9 Å². The molecule has 0 saturated carbocycles. The third kappa shape index (κ3) is 3.05. The lowest BCUT2D eigenvalue weighted by atomic mass is 10.1. The zero-order valence-electron chi connectivity index (χ0n) is 12.0. The fourth-order valence-electron chi connectivity index (χ4n) is 2.16. The number of hydrogen-bond acceptors (Lipinski definition) is 3. The lowest BCUT2D eigenvalue weighted by Crippen LogP contribution is -2.13. The maximum Gasteiger partial charge on any atom is 0.261 e. The molecule has 1 heterocycles. The van der Waals surface area contributed by atoms with Gasteiger partial charge < -0.3 is 0 Å². The summed E-state index contributed by atoms with van der Waals surface area (Å²) in [7, 11) is -3.59. The van der Waals surface area contributed by atoms with Gasteiger partial charge in [0.2, 0.25) is 0 Å². The van der Waals surface area contributed by atoms with Gasteiger partial charge in [0.25, 0.3) is 10.0 Å². The van der Waals surface area contributed by atoms with E-state index < -0.39 is 10.0 Å². The molecule has 1 N–H and O–H groups in total. The van der Waals surface area contributed by atoms with Crippen LogP contribution in [0.2, 0.25) is 0 Å². The fraction of sp³-hybridized carbons (Fsp3) is 0.0588. The van der Waals surface area contributed by atoms with Gasteiger partial charge in [-0.05, 0) is 47.5 Å². The molecule has 3 aromatic rings. The number of sulfonamides is 1. The predicted molar refractivity (Wildman–Crippen MR) is 91.7 cm³/mol. The van der Waals surface area contributed by atoms with E-state index in [0.29, 0.717) is 5.69 Å². The summed E-state index contributed by atoms with van der Waals surface area (Å²) in [6, 6.07) is 16.2. The summed E-state index contributed by atoms with van der Waals surface area (Å²) in [5, 5.41) is 3.97. The van der Waals surface area contributed by atoms with Crippen molar-refractivity contribution in [2.24, 2.45) is 0 Å². The van der Waals surface area contributed by atoms with Crippen LogP contribution >= 0.6 is 11.3 Å². The van der Waals surface area contributed by atoms with Crippen molar-refractivity contribution in [2.75, 3.05) is 4.72 Å². The molecule has 112 valence electrons. The minimum atomic E-state index is -3.59. The highest BCUT2D eigenvalue weighted by Gasteiger charge is 2.16. The van der Waals surface area contributed by atoms with Gasteiger partial charge in [0.05, 0.1) is 10.6 Å². The van der Waals surface area contributed by atoms with E-state index in [2.05, 4.69) is 4.72 Å². The Labute approximate surface area is 134 Å². The van der Waals surface area contributed by atoms with Crippen molar-refractivity contribution >= 4 is 27.0 Å². The van der Waals surface area contributed by atoms with Crippen LogP contribution in [0.3, 0.4) is 0 Å². The first kappa shape index (κ1) is 14.8. The largest absolute Gasteiger partial charge is 0.279 e. The maximum absolute atomic E-state index is 12.5. The second-order valence-corrected chi connectivity index (χ2v) is 7.44. The van der Waals surface area contributed by atoms with Crippen LogP contribution in [0.4, 0.5) is 5.69 Å². The molecule has 0 amide bonds. The molecule has 0 fully saturated rings. The summed E-state index contributed by atoms with van der Waals surface area (Å²) in [4.78, 5) is 0.262. The summed E-state index contributed by atoms with van der Waals surface area (Å²) < 4.78 is 27.7. The number of nitrogens with one attached hydrogen (secondary N) is 1. The molecule has 1 aromatic heterocycles. The van der Waals surface area contributed by atoms with E-state index in [-0.39, 0.29) is 4.90 Å². The quantitative estimate of drug-likeness (QED) is 0.764. The van der Waals surface area contributed by atoms with E-state index in [1.165, 1.54) is 0 Å². The number of hydrogen-bond donors (Lipinski definition) is 1. The third-order valence-corrected chi connectivity index (χ3v) is 5.40. The highest BCUT2D eigenvalue weighted by molar-refractivity contribution is 7.92.